The molecule has 1 rings (SSSR count). The van der Waals surface area contributed by atoms with Crippen molar-refractivity contribution in [3.63, 3.8) is 0 Å². The third kappa shape index (κ3) is 7.16. The minimum absolute atomic E-state index is 0.583. The summed E-state index contributed by atoms with van der Waals surface area (Å²) < 4.78 is 6.44. The number of ether oxygens (including phenoxy) is 1. The van der Waals surface area contributed by atoms with E-state index < -0.39 is 0 Å². The van der Waals surface area contributed by atoms with E-state index in [1.165, 1.54) is 6.42 Å². The van der Waals surface area contributed by atoms with Crippen LogP contribution in [0.15, 0.2) is 16.6 Å². The summed E-state index contributed by atoms with van der Waals surface area (Å²) in [5.74, 6) is 1.36. The lowest BCUT2D eigenvalue weighted by Crippen LogP contribution is -2.20. The first-order valence-corrected chi connectivity index (χ1v) is 8.53. The lowest BCUT2D eigenvalue weighted by atomic mass is 10.2. The van der Waals surface area contributed by atoms with Crippen LogP contribution in [0.2, 0.25) is 10.0 Å². The molecule has 1 aromatic carbocycles. The third-order valence-corrected chi connectivity index (χ3v) is 4.28. The largest absolute Gasteiger partial charge is 0.492 e. The van der Waals surface area contributed by atoms with Crippen LogP contribution < -0.4 is 10.1 Å². The molecule has 0 spiro atoms. The Bertz CT molecular complexity index is 413. The highest BCUT2D eigenvalue weighted by Gasteiger charge is 2.06. The molecule has 0 aliphatic heterocycles. The van der Waals surface area contributed by atoms with E-state index in [1.807, 2.05) is 0 Å². The molecule has 1 N–H and O–H groups in total. The smallest absolute Gasteiger partial charge is 0.139 e. The summed E-state index contributed by atoms with van der Waals surface area (Å²) in [6, 6.07) is 3.51. The average Bonchev–Trinajstić information content (AvgIpc) is 2.38. The number of halogens is 3. The lowest BCUT2D eigenvalue weighted by molar-refractivity contribution is 0.305. The van der Waals surface area contributed by atoms with E-state index in [1.54, 1.807) is 12.1 Å². The van der Waals surface area contributed by atoms with Crippen molar-refractivity contribution in [2.75, 3.05) is 19.7 Å². The Morgan fingerprint density at radius 2 is 1.90 bits per heavy atom. The second-order valence-corrected chi connectivity index (χ2v) is 6.87. The number of benzene rings is 1. The molecule has 5 heteroatoms. The molecule has 0 unspecified atom stereocenters. The van der Waals surface area contributed by atoms with E-state index in [0.717, 1.165) is 30.4 Å². The quantitative estimate of drug-likeness (QED) is 0.446. The van der Waals surface area contributed by atoms with Crippen LogP contribution in [-0.2, 0) is 0 Å². The van der Waals surface area contributed by atoms with E-state index in [2.05, 4.69) is 35.1 Å². The zero-order valence-corrected chi connectivity index (χ0v) is 15.1. The lowest BCUT2D eigenvalue weighted by Gasteiger charge is -2.10. The number of hydrogen-bond acceptors (Lipinski definition) is 2. The first-order chi connectivity index (χ1) is 9.50. The van der Waals surface area contributed by atoms with E-state index in [9.17, 15) is 0 Å². The van der Waals surface area contributed by atoms with Gasteiger partial charge in [0.2, 0.25) is 0 Å². The molecular weight excluding hydrogens is 361 g/mol. The maximum atomic E-state index is 6.09. The Kier molecular flexibility index (Phi) is 8.94. The molecule has 0 fully saturated rings. The van der Waals surface area contributed by atoms with Gasteiger partial charge in [0.1, 0.15) is 5.75 Å². The third-order valence-electron chi connectivity index (χ3n) is 2.78. The first-order valence-electron chi connectivity index (χ1n) is 6.98. The highest BCUT2D eigenvalue weighted by molar-refractivity contribution is 9.10. The van der Waals surface area contributed by atoms with Gasteiger partial charge in [-0.05, 0) is 60.3 Å². The predicted octanol–water partition coefficient (Wildman–Crippen LogP) is 5.55. The minimum Gasteiger partial charge on any atom is -0.492 e. The molecule has 0 aromatic heterocycles. The van der Waals surface area contributed by atoms with Gasteiger partial charge in [0.15, 0.2) is 0 Å². The van der Waals surface area contributed by atoms with Crippen molar-refractivity contribution in [2.24, 2.45) is 5.92 Å². The standard InChI is InChI=1S/C15H22BrCl2NO/c1-11(2)10-19-6-4-3-5-7-20-15-9-13(17)12(16)8-14(15)18/h8-9,11,19H,3-7,10H2,1-2H3. The molecule has 2 nitrogen and oxygen atoms in total. The van der Waals surface area contributed by atoms with Gasteiger partial charge in [0.25, 0.3) is 0 Å². The Morgan fingerprint density at radius 3 is 2.60 bits per heavy atom. The fourth-order valence-corrected chi connectivity index (χ4v) is 2.56. The molecule has 0 amide bonds. The zero-order valence-electron chi connectivity index (χ0n) is 12.0. The minimum atomic E-state index is 0.583. The number of nitrogens with one attached hydrogen (secondary N) is 1. The van der Waals surface area contributed by atoms with Crippen molar-refractivity contribution in [2.45, 2.75) is 33.1 Å². The van der Waals surface area contributed by atoms with E-state index in [4.69, 9.17) is 27.9 Å². The van der Waals surface area contributed by atoms with Crippen LogP contribution in [0.4, 0.5) is 0 Å². The molecule has 0 saturated carbocycles. The number of unbranched alkanes of at least 4 members (excludes halogenated alkanes) is 2. The van der Waals surface area contributed by atoms with E-state index >= 15 is 0 Å². The summed E-state index contributed by atoms with van der Waals surface area (Å²) in [6.45, 7) is 7.26. The fourth-order valence-electron chi connectivity index (χ4n) is 1.72. The second kappa shape index (κ2) is 9.88. The van der Waals surface area contributed by atoms with Gasteiger partial charge in [-0.15, -0.1) is 0 Å². The normalized spacial score (nSPS) is 11.1. The van der Waals surface area contributed by atoms with Gasteiger partial charge in [0.05, 0.1) is 16.7 Å². The first kappa shape index (κ1) is 18.1. The van der Waals surface area contributed by atoms with Gasteiger partial charge in [-0.25, -0.2) is 0 Å². The molecule has 0 aliphatic carbocycles. The summed E-state index contributed by atoms with van der Waals surface area (Å²) >= 11 is 15.4. The van der Waals surface area contributed by atoms with Crippen LogP contribution in [0.25, 0.3) is 0 Å². The Balaban J connectivity index is 2.14. The van der Waals surface area contributed by atoms with Crippen LogP contribution in [0.1, 0.15) is 33.1 Å². The van der Waals surface area contributed by atoms with Crippen LogP contribution in [0.3, 0.4) is 0 Å². The molecule has 20 heavy (non-hydrogen) atoms. The summed E-state index contributed by atoms with van der Waals surface area (Å²) in [5, 5.41) is 4.63. The van der Waals surface area contributed by atoms with Crippen molar-refractivity contribution >= 4 is 39.1 Å². The summed E-state index contributed by atoms with van der Waals surface area (Å²) in [4.78, 5) is 0. The maximum absolute atomic E-state index is 6.09. The Labute approximate surface area is 140 Å². The van der Waals surface area contributed by atoms with Crippen LogP contribution in [0.5, 0.6) is 5.75 Å². The van der Waals surface area contributed by atoms with Gasteiger partial charge in [-0.3, -0.25) is 0 Å². The molecule has 0 bridgehead atoms. The maximum Gasteiger partial charge on any atom is 0.139 e. The van der Waals surface area contributed by atoms with Crippen molar-refractivity contribution < 1.29 is 4.74 Å². The van der Waals surface area contributed by atoms with Crippen molar-refractivity contribution in [3.05, 3.63) is 26.7 Å². The molecule has 0 radical (unpaired) electrons. The van der Waals surface area contributed by atoms with E-state index in [-0.39, 0.29) is 0 Å². The van der Waals surface area contributed by atoms with Crippen LogP contribution in [0, 0.1) is 5.92 Å². The average molecular weight is 383 g/mol. The molecular formula is C15H22BrCl2NO. The summed E-state index contributed by atoms with van der Waals surface area (Å²) in [6.07, 6.45) is 3.34. The predicted molar refractivity (Wildman–Crippen MR) is 91.2 cm³/mol. The van der Waals surface area contributed by atoms with Crippen molar-refractivity contribution in [3.8, 4) is 5.75 Å². The number of hydrogen-bond donors (Lipinski definition) is 1. The van der Waals surface area contributed by atoms with Crippen molar-refractivity contribution in [1.29, 1.82) is 0 Å². The van der Waals surface area contributed by atoms with Gasteiger partial charge in [-0.1, -0.05) is 37.0 Å². The molecule has 0 saturated heterocycles. The highest BCUT2D eigenvalue weighted by Crippen LogP contribution is 2.34. The van der Waals surface area contributed by atoms with E-state index in [0.29, 0.717) is 28.3 Å². The molecule has 114 valence electrons. The SMILES string of the molecule is CC(C)CNCCCCCOc1cc(Cl)c(Br)cc1Cl. The topological polar surface area (TPSA) is 21.3 Å². The summed E-state index contributed by atoms with van der Waals surface area (Å²) in [7, 11) is 0. The molecule has 1 aromatic rings. The molecule has 0 heterocycles. The second-order valence-electron chi connectivity index (χ2n) is 5.20. The van der Waals surface area contributed by atoms with Crippen LogP contribution in [-0.4, -0.2) is 19.7 Å². The monoisotopic (exact) mass is 381 g/mol. The van der Waals surface area contributed by atoms with Crippen molar-refractivity contribution in [1.82, 2.24) is 5.32 Å². The van der Waals surface area contributed by atoms with Gasteiger partial charge in [-0.2, -0.15) is 0 Å². The molecule has 0 aliphatic rings. The summed E-state index contributed by atoms with van der Waals surface area (Å²) in [5.41, 5.74) is 0. The van der Waals surface area contributed by atoms with Gasteiger partial charge in [0, 0.05) is 10.5 Å². The Hall–Kier alpha value is 0.0400. The zero-order chi connectivity index (χ0) is 15.0. The highest BCUT2D eigenvalue weighted by atomic mass is 79.9. The van der Waals surface area contributed by atoms with Gasteiger partial charge < -0.3 is 10.1 Å². The molecule has 0 atom stereocenters. The van der Waals surface area contributed by atoms with Crippen LogP contribution >= 0.6 is 39.1 Å². The van der Waals surface area contributed by atoms with Gasteiger partial charge >= 0.3 is 0 Å². The Morgan fingerprint density at radius 1 is 1.15 bits per heavy atom. The number of rotatable bonds is 9. The fraction of sp³-hybridized carbons (Fsp3) is 0.600.